The number of halogens is 2. The Morgan fingerprint density at radius 2 is 1.82 bits per heavy atom. The van der Waals surface area contributed by atoms with Gasteiger partial charge in [0.15, 0.2) is 0 Å². The van der Waals surface area contributed by atoms with E-state index in [0.717, 1.165) is 0 Å². The molecule has 1 unspecified atom stereocenters. The van der Waals surface area contributed by atoms with Crippen molar-refractivity contribution in [2.24, 2.45) is 11.8 Å². The van der Waals surface area contributed by atoms with E-state index in [4.69, 9.17) is 5.11 Å². The minimum Gasteiger partial charge on any atom is -0.396 e. The smallest absolute Gasteiger partial charge is 0.253 e. The van der Waals surface area contributed by atoms with Crippen molar-refractivity contribution in [2.45, 2.75) is 33.1 Å². The molecule has 1 nitrogen and oxygen atoms in total. The normalized spacial score (nSPS) is 15.5. The summed E-state index contributed by atoms with van der Waals surface area (Å²) in [6, 6.07) is 0. The van der Waals surface area contributed by atoms with Gasteiger partial charge in [0.05, 0.1) is 6.61 Å². The topological polar surface area (TPSA) is 20.2 Å². The van der Waals surface area contributed by atoms with E-state index in [1.54, 1.807) is 13.8 Å². The highest BCUT2D eigenvalue weighted by molar-refractivity contribution is 4.77. The van der Waals surface area contributed by atoms with Crippen molar-refractivity contribution in [1.29, 1.82) is 0 Å². The maximum absolute atomic E-state index is 12.9. The molecule has 0 rings (SSSR count). The number of hydrogen-bond acceptors (Lipinski definition) is 1. The lowest BCUT2D eigenvalue weighted by atomic mass is 9.89. The van der Waals surface area contributed by atoms with Crippen molar-refractivity contribution < 1.29 is 13.9 Å². The summed E-state index contributed by atoms with van der Waals surface area (Å²) in [5, 5.41) is 8.68. The van der Waals surface area contributed by atoms with Gasteiger partial charge in [-0.3, -0.25) is 0 Å². The third-order valence-electron chi connectivity index (χ3n) is 2.02. The van der Waals surface area contributed by atoms with Gasteiger partial charge in [-0.2, -0.15) is 0 Å². The van der Waals surface area contributed by atoms with Crippen LogP contribution < -0.4 is 0 Å². The van der Waals surface area contributed by atoms with Crippen LogP contribution in [0.5, 0.6) is 0 Å². The Labute approximate surface area is 66.4 Å². The second-order valence-electron chi connectivity index (χ2n) is 3.15. The molecule has 0 spiro atoms. The molecule has 0 bridgehead atoms. The molecule has 0 aromatic carbocycles. The van der Waals surface area contributed by atoms with Gasteiger partial charge in [-0.15, -0.1) is 0 Å². The fourth-order valence-electron chi connectivity index (χ4n) is 1.09. The highest BCUT2D eigenvalue weighted by atomic mass is 19.3. The molecule has 0 amide bonds. The molecular weight excluding hydrogens is 150 g/mol. The quantitative estimate of drug-likeness (QED) is 0.679. The van der Waals surface area contributed by atoms with Crippen molar-refractivity contribution in [1.82, 2.24) is 0 Å². The number of aliphatic hydroxyl groups is 1. The van der Waals surface area contributed by atoms with E-state index in [2.05, 4.69) is 0 Å². The van der Waals surface area contributed by atoms with Crippen molar-refractivity contribution in [3.63, 3.8) is 0 Å². The van der Waals surface area contributed by atoms with Crippen LogP contribution in [0.25, 0.3) is 0 Å². The Morgan fingerprint density at radius 1 is 1.36 bits per heavy atom. The monoisotopic (exact) mass is 166 g/mol. The molecule has 0 saturated carbocycles. The fourth-order valence-corrected chi connectivity index (χ4v) is 1.09. The molecule has 0 fully saturated rings. The molecule has 1 atom stereocenters. The van der Waals surface area contributed by atoms with Gasteiger partial charge < -0.3 is 5.11 Å². The molecule has 1 N–H and O–H groups in total. The zero-order chi connectivity index (χ0) is 9.07. The maximum atomic E-state index is 12.9. The first-order valence-electron chi connectivity index (χ1n) is 3.94. The second kappa shape index (κ2) is 4.00. The number of rotatable bonds is 4. The van der Waals surface area contributed by atoms with Gasteiger partial charge in [-0.05, 0) is 5.92 Å². The van der Waals surface area contributed by atoms with E-state index in [0.29, 0.717) is 0 Å². The Bertz CT molecular complexity index is 113. The average Bonchev–Trinajstić information content (AvgIpc) is 1.88. The second-order valence-corrected chi connectivity index (χ2v) is 3.15. The van der Waals surface area contributed by atoms with E-state index in [1.165, 1.54) is 6.92 Å². The zero-order valence-electron chi connectivity index (χ0n) is 7.27. The first-order chi connectivity index (χ1) is 4.95. The van der Waals surface area contributed by atoms with Gasteiger partial charge in [0.25, 0.3) is 5.92 Å². The van der Waals surface area contributed by atoms with Crippen molar-refractivity contribution in [3.8, 4) is 0 Å². The first-order valence-corrected chi connectivity index (χ1v) is 3.94. The van der Waals surface area contributed by atoms with E-state index >= 15 is 0 Å². The van der Waals surface area contributed by atoms with E-state index in [-0.39, 0.29) is 12.3 Å². The third-order valence-corrected chi connectivity index (χ3v) is 2.02. The highest BCUT2D eigenvalue weighted by Crippen LogP contribution is 2.32. The molecule has 0 heterocycles. The molecule has 0 aromatic heterocycles. The lowest BCUT2D eigenvalue weighted by Crippen LogP contribution is -2.34. The summed E-state index contributed by atoms with van der Waals surface area (Å²) in [5.41, 5.74) is 0. The van der Waals surface area contributed by atoms with Gasteiger partial charge >= 0.3 is 0 Å². The molecule has 0 aliphatic carbocycles. The van der Waals surface area contributed by atoms with Crippen molar-refractivity contribution >= 4 is 0 Å². The minimum absolute atomic E-state index is 0.171. The summed E-state index contributed by atoms with van der Waals surface area (Å²) in [6.07, 6.45) is -0.198. The molecule has 0 aromatic rings. The Kier molecular flexibility index (Phi) is 3.93. The standard InChI is InChI=1S/C8H16F2O/c1-4-8(9,10)7(5-11)6(2)3/h6-7,11H,4-5H2,1-3H3. The SMILES string of the molecule is CCC(F)(F)C(CO)C(C)C. The van der Waals surface area contributed by atoms with Crippen LogP contribution in [0.3, 0.4) is 0 Å². The van der Waals surface area contributed by atoms with Gasteiger partial charge in [0.1, 0.15) is 0 Å². The predicted octanol–water partition coefficient (Wildman–Crippen LogP) is 2.30. The number of hydrogen-bond donors (Lipinski definition) is 1. The summed E-state index contributed by atoms with van der Waals surface area (Å²) in [5.74, 6) is -3.79. The van der Waals surface area contributed by atoms with Gasteiger partial charge in [-0.1, -0.05) is 20.8 Å². The largest absolute Gasteiger partial charge is 0.396 e. The Hall–Kier alpha value is -0.180. The van der Waals surface area contributed by atoms with Gasteiger partial charge in [0, 0.05) is 12.3 Å². The van der Waals surface area contributed by atoms with E-state index < -0.39 is 18.4 Å². The summed E-state index contributed by atoms with van der Waals surface area (Å²) < 4.78 is 25.8. The first kappa shape index (κ1) is 10.8. The molecule has 0 saturated heterocycles. The molecule has 3 heteroatoms. The van der Waals surface area contributed by atoms with Crippen LogP contribution in [-0.4, -0.2) is 17.6 Å². The van der Waals surface area contributed by atoms with Crippen LogP contribution in [0.4, 0.5) is 8.78 Å². The summed E-state index contributed by atoms with van der Waals surface area (Å²) in [6.45, 7) is 4.40. The zero-order valence-corrected chi connectivity index (χ0v) is 7.27. The minimum atomic E-state index is -2.72. The molecule has 0 radical (unpaired) electrons. The predicted molar refractivity (Wildman–Crippen MR) is 40.7 cm³/mol. The van der Waals surface area contributed by atoms with E-state index in [9.17, 15) is 8.78 Å². The molecule has 0 aliphatic rings. The van der Waals surface area contributed by atoms with Crippen LogP contribution >= 0.6 is 0 Å². The van der Waals surface area contributed by atoms with Crippen molar-refractivity contribution in [3.05, 3.63) is 0 Å². The van der Waals surface area contributed by atoms with Crippen LogP contribution in [0.15, 0.2) is 0 Å². The fraction of sp³-hybridized carbons (Fsp3) is 1.00. The molecule has 0 aliphatic heterocycles. The number of alkyl halides is 2. The van der Waals surface area contributed by atoms with Crippen molar-refractivity contribution in [2.75, 3.05) is 6.61 Å². The van der Waals surface area contributed by atoms with Gasteiger partial charge in [-0.25, -0.2) is 8.78 Å². The van der Waals surface area contributed by atoms with Crippen LogP contribution in [0, 0.1) is 11.8 Å². The Morgan fingerprint density at radius 3 is 1.91 bits per heavy atom. The summed E-state index contributed by atoms with van der Waals surface area (Å²) >= 11 is 0. The highest BCUT2D eigenvalue weighted by Gasteiger charge is 2.38. The maximum Gasteiger partial charge on any atom is 0.253 e. The van der Waals surface area contributed by atoms with Crippen LogP contribution in [-0.2, 0) is 0 Å². The average molecular weight is 166 g/mol. The summed E-state index contributed by atoms with van der Waals surface area (Å²) in [4.78, 5) is 0. The lowest BCUT2D eigenvalue weighted by molar-refractivity contribution is -0.0952. The van der Waals surface area contributed by atoms with Crippen LogP contribution in [0.2, 0.25) is 0 Å². The van der Waals surface area contributed by atoms with Crippen LogP contribution in [0.1, 0.15) is 27.2 Å². The Balaban J connectivity index is 4.23. The molecule has 68 valence electrons. The third kappa shape index (κ3) is 2.73. The lowest BCUT2D eigenvalue weighted by Gasteiger charge is -2.27. The summed E-state index contributed by atoms with van der Waals surface area (Å²) in [7, 11) is 0. The molecule has 11 heavy (non-hydrogen) atoms. The molecular formula is C8H16F2O. The van der Waals surface area contributed by atoms with E-state index in [1.807, 2.05) is 0 Å². The number of aliphatic hydroxyl groups excluding tert-OH is 1. The van der Waals surface area contributed by atoms with Gasteiger partial charge in [0.2, 0.25) is 0 Å².